The van der Waals surface area contributed by atoms with Crippen LogP contribution in [-0.4, -0.2) is 29.6 Å². The highest BCUT2D eigenvalue weighted by molar-refractivity contribution is 5.94. The number of hydrogen-bond donors (Lipinski definition) is 3. The Balaban J connectivity index is 4.21. The van der Waals surface area contributed by atoms with Crippen LogP contribution >= 0.6 is 0 Å². The van der Waals surface area contributed by atoms with Gasteiger partial charge in [0.05, 0.1) is 6.42 Å². The Morgan fingerprint density at radius 3 is 2.00 bits per heavy atom. The average Bonchev–Trinajstić information content (AvgIpc) is 2.23. The van der Waals surface area contributed by atoms with E-state index < -0.39 is 23.3 Å². The molecule has 6 heteroatoms. The van der Waals surface area contributed by atoms with E-state index in [4.69, 9.17) is 5.11 Å². The molecule has 3 amide bonds. The summed E-state index contributed by atoms with van der Waals surface area (Å²) < 4.78 is 0. The Morgan fingerprint density at radius 1 is 1.00 bits per heavy atom. The van der Waals surface area contributed by atoms with Crippen LogP contribution in [0.5, 0.6) is 0 Å². The first-order valence-corrected chi connectivity index (χ1v) is 6.77. The van der Waals surface area contributed by atoms with Crippen molar-refractivity contribution in [1.29, 1.82) is 0 Å². The summed E-state index contributed by atoms with van der Waals surface area (Å²) in [4.78, 5) is 33.9. The summed E-state index contributed by atoms with van der Waals surface area (Å²) in [6.07, 6.45) is 0.779. The monoisotopic (exact) mass is 286 g/mol. The van der Waals surface area contributed by atoms with Crippen molar-refractivity contribution in [3.8, 4) is 0 Å². The fourth-order valence-corrected chi connectivity index (χ4v) is 1.57. The molecule has 3 N–H and O–H groups in total. The zero-order chi connectivity index (χ0) is 16.0. The molecule has 0 aliphatic carbocycles. The van der Waals surface area contributed by atoms with Crippen LogP contribution in [-0.2, 0) is 9.59 Å². The van der Waals surface area contributed by atoms with Gasteiger partial charge in [-0.3, -0.25) is 14.9 Å². The smallest absolute Gasteiger partial charge is 0.321 e. The molecule has 116 valence electrons. The number of carboxylic acid groups (broad SMARTS) is 1. The van der Waals surface area contributed by atoms with Gasteiger partial charge in [-0.25, -0.2) is 4.79 Å². The molecular formula is C14H26N2O4. The number of rotatable bonds is 7. The van der Waals surface area contributed by atoms with Crippen LogP contribution in [0.2, 0.25) is 0 Å². The third kappa shape index (κ3) is 8.50. The molecule has 6 nitrogen and oxygen atoms in total. The Morgan fingerprint density at radius 2 is 1.55 bits per heavy atom. The van der Waals surface area contributed by atoms with Crippen LogP contribution in [0.4, 0.5) is 4.79 Å². The van der Waals surface area contributed by atoms with Gasteiger partial charge in [-0.2, -0.15) is 0 Å². The average molecular weight is 286 g/mol. The van der Waals surface area contributed by atoms with Crippen LogP contribution < -0.4 is 10.6 Å². The third-order valence-corrected chi connectivity index (χ3v) is 3.21. The molecule has 0 aromatic carbocycles. The molecule has 0 saturated carbocycles. The molecule has 0 aromatic heterocycles. The Labute approximate surface area is 120 Å². The van der Waals surface area contributed by atoms with Gasteiger partial charge < -0.3 is 10.4 Å². The second-order valence-electron chi connectivity index (χ2n) is 6.66. The lowest BCUT2D eigenvalue weighted by Gasteiger charge is -2.24. The lowest BCUT2D eigenvalue weighted by Crippen LogP contribution is -2.44. The van der Waals surface area contributed by atoms with Crippen LogP contribution in [0.15, 0.2) is 0 Å². The van der Waals surface area contributed by atoms with E-state index in [2.05, 4.69) is 10.6 Å². The van der Waals surface area contributed by atoms with Gasteiger partial charge in [0.25, 0.3) is 0 Å². The van der Waals surface area contributed by atoms with E-state index >= 15 is 0 Å². The van der Waals surface area contributed by atoms with Crippen molar-refractivity contribution in [1.82, 2.24) is 10.6 Å². The number of amides is 3. The van der Waals surface area contributed by atoms with E-state index in [0.29, 0.717) is 6.54 Å². The van der Waals surface area contributed by atoms with Gasteiger partial charge in [-0.05, 0) is 17.3 Å². The van der Waals surface area contributed by atoms with Crippen molar-refractivity contribution in [3.63, 3.8) is 0 Å². The van der Waals surface area contributed by atoms with Crippen molar-refractivity contribution in [2.75, 3.05) is 6.54 Å². The standard InChI is InChI=1S/C14H26N2O4/c1-6-13(2,3)9-15-12(20)16-10(17)7-14(4,5)8-11(18)19/h6-9H2,1-5H3,(H,18,19)(H2,15,16,17,20). The van der Waals surface area contributed by atoms with Gasteiger partial charge in [0.15, 0.2) is 0 Å². The first-order valence-electron chi connectivity index (χ1n) is 6.77. The molecule has 0 fully saturated rings. The Hall–Kier alpha value is -1.59. The zero-order valence-corrected chi connectivity index (χ0v) is 13.0. The summed E-state index contributed by atoms with van der Waals surface area (Å²) in [5, 5.41) is 13.6. The first-order chi connectivity index (χ1) is 8.97. The molecule has 0 aliphatic rings. The maximum atomic E-state index is 11.7. The quantitative estimate of drug-likeness (QED) is 0.668. The summed E-state index contributed by atoms with van der Waals surface area (Å²) in [5.41, 5.74) is -0.706. The molecule has 0 heterocycles. The molecule has 0 unspecified atom stereocenters. The van der Waals surface area contributed by atoms with Gasteiger partial charge in [0, 0.05) is 13.0 Å². The molecule has 0 bridgehead atoms. The van der Waals surface area contributed by atoms with Gasteiger partial charge in [0.1, 0.15) is 0 Å². The van der Waals surface area contributed by atoms with Gasteiger partial charge in [-0.15, -0.1) is 0 Å². The number of aliphatic carboxylic acids is 1. The van der Waals surface area contributed by atoms with E-state index in [9.17, 15) is 14.4 Å². The Kier molecular flexibility index (Phi) is 6.68. The van der Waals surface area contributed by atoms with Crippen molar-refractivity contribution in [2.45, 2.75) is 53.9 Å². The van der Waals surface area contributed by atoms with Crippen molar-refractivity contribution in [3.05, 3.63) is 0 Å². The summed E-state index contributed by atoms with van der Waals surface area (Å²) in [5.74, 6) is -1.43. The number of hydrogen-bond acceptors (Lipinski definition) is 3. The zero-order valence-electron chi connectivity index (χ0n) is 13.0. The van der Waals surface area contributed by atoms with Crippen molar-refractivity contribution < 1.29 is 19.5 Å². The van der Waals surface area contributed by atoms with Crippen LogP contribution in [0.1, 0.15) is 53.9 Å². The summed E-state index contributed by atoms with van der Waals surface area (Å²) in [7, 11) is 0. The van der Waals surface area contributed by atoms with Crippen LogP contribution in [0.25, 0.3) is 0 Å². The second kappa shape index (κ2) is 7.26. The summed E-state index contributed by atoms with van der Waals surface area (Å²) in [6.45, 7) is 9.90. The van der Waals surface area contributed by atoms with Crippen molar-refractivity contribution >= 4 is 17.9 Å². The molecule has 20 heavy (non-hydrogen) atoms. The highest BCUT2D eigenvalue weighted by Gasteiger charge is 2.26. The van der Waals surface area contributed by atoms with Gasteiger partial charge in [0.2, 0.25) is 5.91 Å². The molecule has 0 spiro atoms. The number of carbonyl (C=O) groups excluding carboxylic acids is 2. The molecule has 0 rings (SSSR count). The summed E-state index contributed by atoms with van der Waals surface area (Å²) in [6, 6.07) is -0.539. The first kappa shape index (κ1) is 18.4. The van der Waals surface area contributed by atoms with Crippen LogP contribution in [0, 0.1) is 10.8 Å². The van der Waals surface area contributed by atoms with E-state index in [-0.39, 0.29) is 18.3 Å². The minimum Gasteiger partial charge on any atom is -0.481 e. The SMILES string of the molecule is CCC(C)(C)CNC(=O)NC(=O)CC(C)(C)CC(=O)O. The topological polar surface area (TPSA) is 95.5 Å². The van der Waals surface area contributed by atoms with Crippen LogP contribution in [0.3, 0.4) is 0 Å². The fourth-order valence-electron chi connectivity index (χ4n) is 1.57. The normalized spacial score (nSPS) is 11.8. The number of imide groups is 1. The van der Waals surface area contributed by atoms with E-state index in [1.807, 2.05) is 20.8 Å². The molecule has 0 saturated heterocycles. The minimum absolute atomic E-state index is 0.0100. The predicted molar refractivity (Wildman–Crippen MR) is 76.3 cm³/mol. The van der Waals surface area contributed by atoms with Gasteiger partial charge >= 0.3 is 12.0 Å². The lowest BCUT2D eigenvalue weighted by atomic mass is 9.85. The largest absolute Gasteiger partial charge is 0.481 e. The molecule has 0 aromatic rings. The second-order valence-corrected chi connectivity index (χ2v) is 6.66. The molecule has 0 radical (unpaired) electrons. The molecule has 0 aliphatic heterocycles. The maximum absolute atomic E-state index is 11.7. The van der Waals surface area contributed by atoms with E-state index in [0.717, 1.165) is 6.42 Å². The number of urea groups is 1. The third-order valence-electron chi connectivity index (χ3n) is 3.21. The molecular weight excluding hydrogens is 260 g/mol. The van der Waals surface area contributed by atoms with E-state index in [1.54, 1.807) is 13.8 Å². The minimum atomic E-state index is -0.961. The maximum Gasteiger partial charge on any atom is 0.321 e. The van der Waals surface area contributed by atoms with Crippen molar-refractivity contribution in [2.24, 2.45) is 10.8 Å². The number of nitrogens with one attached hydrogen (secondary N) is 2. The fraction of sp³-hybridized carbons (Fsp3) is 0.786. The highest BCUT2D eigenvalue weighted by Crippen LogP contribution is 2.24. The highest BCUT2D eigenvalue weighted by atomic mass is 16.4. The molecule has 0 atom stereocenters. The lowest BCUT2D eigenvalue weighted by molar-refractivity contribution is -0.139. The predicted octanol–water partition coefficient (Wildman–Crippen LogP) is 2.14. The Bertz CT molecular complexity index is 375. The van der Waals surface area contributed by atoms with Gasteiger partial charge in [-0.1, -0.05) is 34.6 Å². The number of carbonyl (C=O) groups is 3. The number of carboxylic acids is 1. The summed E-state index contributed by atoms with van der Waals surface area (Å²) >= 11 is 0. The van der Waals surface area contributed by atoms with E-state index in [1.165, 1.54) is 0 Å².